The van der Waals surface area contributed by atoms with Crippen LogP contribution in [0.1, 0.15) is 48.4 Å². The van der Waals surface area contributed by atoms with Crippen LogP contribution in [0.3, 0.4) is 0 Å². The van der Waals surface area contributed by atoms with Crippen LogP contribution in [0, 0.1) is 18.3 Å². The fourth-order valence-electron chi connectivity index (χ4n) is 2.47. The van der Waals surface area contributed by atoms with Crippen LogP contribution in [0.5, 0.6) is 0 Å². The summed E-state index contributed by atoms with van der Waals surface area (Å²) in [6, 6.07) is 7.76. The standard InChI is InChI=1S/C20H19N3O6S/c1-4-28-20(27)15-11(2)16(17(25)22-3)30-18(15)23-14(24)10-29-19(26)13-7-5-6-12(8-13)9-21/h5-8H,4,10H2,1-3H3,(H,22,25)(H,23,24). The molecule has 0 saturated heterocycles. The Hall–Kier alpha value is -3.71. The normalized spacial score (nSPS) is 9.93. The Morgan fingerprint density at radius 2 is 1.90 bits per heavy atom. The van der Waals surface area contributed by atoms with E-state index in [0.29, 0.717) is 5.56 Å². The van der Waals surface area contributed by atoms with Crippen molar-refractivity contribution in [1.82, 2.24) is 5.32 Å². The average molecular weight is 429 g/mol. The summed E-state index contributed by atoms with van der Waals surface area (Å²) in [5.74, 6) is -2.56. The van der Waals surface area contributed by atoms with E-state index in [1.807, 2.05) is 6.07 Å². The topological polar surface area (TPSA) is 135 Å². The fourth-order valence-corrected chi connectivity index (χ4v) is 3.63. The number of anilines is 1. The van der Waals surface area contributed by atoms with Crippen molar-refractivity contribution in [1.29, 1.82) is 5.26 Å². The molecule has 2 amide bonds. The maximum Gasteiger partial charge on any atom is 0.341 e. The average Bonchev–Trinajstić information content (AvgIpc) is 3.07. The molecular weight excluding hydrogens is 410 g/mol. The van der Waals surface area contributed by atoms with Gasteiger partial charge in [0.05, 0.1) is 34.2 Å². The van der Waals surface area contributed by atoms with Gasteiger partial charge in [0.1, 0.15) is 5.00 Å². The summed E-state index contributed by atoms with van der Waals surface area (Å²) in [7, 11) is 1.45. The maximum absolute atomic E-state index is 12.3. The molecule has 0 aliphatic heterocycles. The fraction of sp³-hybridized carbons (Fsp3) is 0.250. The molecule has 1 heterocycles. The molecule has 0 aliphatic carbocycles. The van der Waals surface area contributed by atoms with Crippen molar-refractivity contribution < 1.29 is 28.7 Å². The van der Waals surface area contributed by atoms with Crippen LogP contribution < -0.4 is 10.6 Å². The Labute approximate surface area is 176 Å². The molecule has 10 heteroatoms. The highest BCUT2D eigenvalue weighted by Gasteiger charge is 2.26. The number of carbonyl (C=O) groups is 4. The van der Waals surface area contributed by atoms with Gasteiger partial charge in [-0.25, -0.2) is 9.59 Å². The first kappa shape index (κ1) is 22.6. The van der Waals surface area contributed by atoms with Gasteiger partial charge in [0.2, 0.25) is 0 Å². The number of hydrogen-bond donors (Lipinski definition) is 2. The number of carbonyl (C=O) groups excluding carboxylic acids is 4. The van der Waals surface area contributed by atoms with E-state index in [9.17, 15) is 19.2 Å². The highest BCUT2D eigenvalue weighted by Crippen LogP contribution is 2.33. The van der Waals surface area contributed by atoms with E-state index >= 15 is 0 Å². The summed E-state index contributed by atoms with van der Waals surface area (Å²) >= 11 is 0.916. The molecular formula is C20H19N3O6S. The Kier molecular flexibility index (Phi) is 7.66. The van der Waals surface area contributed by atoms with E-state index in [1.165, 1.54) is 31.3 Å². The van der Waals surface area contributed by atoms with Gasteiger partial charge in [0, 0.05) is 7.05 Å². The van der Waals surface area contributed by atoms with Crippen molar-refractivity contribution in [3.05, 3.63) is 51.4 Å². The van der Waals surface area contributed by atoms with Crippen LogP contribution in [0.4, 0.5) is 5.00 Å². The third kappa shape index (κ3) is 5.21. The van der Waals surface area contributed by atoms with Gasteiger partial charge < -0.3 is 20.1 Å². The summed E-state index contributed by atoms with van der Waals surface area (Å²) in [6.07, 6.45) is 0. The van der Waals surface area contributed by atoms with Gasteiger partial charge in [-0.2, -0.15) is 5.26 Å². The molecule has 0 unspecified atom stereocenters. The lowest BCUT2D eigenvalue weighted by molar-refractivity contribution is -0.119. The molecule has 0 radical (unpaired) electrons. The molecule has 2 rings (SSSR count). The van der Waals surface area contributed by atoms with Crippen molar-refractivity contribution in [2.24, 2.45) is 0 Å². The van der Waals surface area contributed by atoms with E-state index in [1.54, 1.807) is 13.8 Å². The number of hydrogen-bond acceptors (Lipinski definition) is 8. The first-order valence-corrected chi connectivity index (χ1v) is 9.63. The molecule has 2 aromatic rings. The van der Waals surface area contributed by atoms with Crippen LogP contribution in [-0.2, 0) is 14.3 Å². The summed E-state index contributed by atoms with van der Waals surface area (Å²) < 4.78 is 9.97. The van der Waals surface area contributed by atoms with Crippen LogP contribution in [0.15, 0.2) is 24.3 Å². The molecule has 1 aromatic carbocycles. The highest BCUT2D eigenvalue weighted by atomic mass is 32.1. The van der Waals surface area contributed by atoms with Crippen molar-refractivity contribution >= 4 is 40.1 Å². The first-order chi connectivity index (χ1) is 14.3. The molecule has 0 fully saturated rings. The maximum atomic E-state index is 12.3. The second kappa shape index (κ2) is 10.2. The smallest absolute Gasteiger partial charge is 0.341 e. The molecule has 156 valence electrons. The van der Waals surface area contributed by atoms with Gasteiger partial charge in [0.15, 0.2) is 6.61 Å². The van der Waals surface area contributed by atoms with E-state index in [-0.39, 0.29) is 33.2 Å². The van der Waals surface area contributed by atoms with Crippen LogP contribution in [0.2, 0.25) is 0 Å². The van der Waals surface area contributed by atoms with E-state index in [4.69, 9.17) is 14.7 Å². The number of amides is 2. The number of ether oxygens (including phenoxy) is 2. The van der Waals surface area contributed by atoms with Gasteiger partial charge >= 0.3 is 11.9 Å². The molecule has 2 N–H and O–H groups in total. The largest absolute Gasteiger partial charge is 0.462 e. The molecule has 30 heavy (non-hydrogen) atoms. The first-order valence-electron chi connectivity index (χ1n) is 8.82. The number of rotatable bonds is 7. The lowest BCUT2D eigenvalue weighted by Gasteiger charge is -2.08. The van der Waals surface area contributed by atoms with E-state index in [2.05, 4.69) is 10.6 Å². The van der Waals surface area contributed by atoms with Crippen LogP contribution >= 0.6 is 11.3 Å². The van der Waals surface area contributed by atoms with Crippen LogP contribution in [0.25, 0.3) is 0 Å². The summed E-state index contributed by atoms with van der Waals surface area (Å²) in [5, 5.41) is 14.0. The summed E-state index contributed by atoms with van der Waals surface area (Å²) in [4.78, 5) is 48.9. The van der Waals surface area contributed by atoms with Crippen molar-refractivity contribution in [3.63, 3.8) is 0 Å². The zero-order valence-electron chi connectivity index (χ0n) is 16.5. The molecule has 0 bridgehead atoms. The SMILES string of the molecule is CCOC(=O)c1c(NC(=O)COC(=O)c2cccc(C#N)c2)sc(C(=O)NC)c1C. The van der Waals surface area contributed by atoms with E-state index < -0.39 is 30.4 Å². The number of nitrogens with one attached hydrogen (secondary N) is 2. The Morgan fingerprint density at radius 3 is 2.53 bits per heavy atom. The lowest BCUT2D eigenvalue weighted by Crippen LogP contribution is -2.21. The number of nitrogens with zero attached hydrogens (tertiary/aromatic N) is 1. The number of esters is 2. The predicted octanol–water partition coefficient (Wildman–Crippen LogP) is 2.26. The minimum absolute atomic E-state index is 0.0712. The Morgan fingerprint density at radius 1 is 1.17 bits per heavy atom. The van der Waals surface area contributed by atoms with Gasteiger partial charge in [-0.15, -0.1) is 11.3 Å². The molecule has 0 aliphatic rings. The Bertz CT molecular complexity index is 1040. The molecule has 0 saturated carbocycles. The number of benzene rings is 1. The second-order valence-corrected chi connectivity index (χ2v) is 6.90. The lowest BCUT2D eigenvalue weighted by atomic mass is 10.1. The van der Waals surface area contributed by atoms with Crippen molar-refractivity contribution in [2.45, 2.75) is 13.8 Å². The quantitative estimate of drug-likeness (QED) is 0.645. The zero-order valence-corrected chi connectivity index (χ0v) is 17.3. The summed E-state index contributed by atoms with van der Waals surface area (Å²) in [5.41, 5.74) is 0.854. The molecule has 0 atom stereocenters. The number of nitriles is 1. The second-order valence-electron chi connectivity index (χ2n) is 5.88. The molecule has 9 nitrogen and oxygen atoms in total. The summed E-state index contributed by atoms with van der Waals surface area (Å²) in [6.45, 7) is 2.71. The van der Waals surface area contributed by atoms with Crippen LogP contribution in [-0.4, -0.2) is 44.0 Å². The third-order valence-corrected chi connectivity index (χ3v) is 5.08. The Balaban J connectivity index is 2.15. The van der Waals surface area contributed by atoms with Gasteiger partial charge in [-0.05, 0) is 37.6 Å². The molecule has 0 spiro atoms. The third-order valence-electron chi connectivity index (χ3n) is 3.87. The van der Waals surface area contributed by atoms with E-state index in [0.717, 1.165) is 11.3 Å². The monoisotopic (exact) mass is 429 g/mol. The van der Waals surface area contributed by atoms with Gasteiger partial charge in [-0.3, -0.25) is 9.59 Å². The minimum Gasteiger partial charge on any atom is -0.462 e. The molecule has 1 aromatic heterocycles. The predicted molar refractivity (Wildman–Crippen MR) is 108 cm³/mol. The van der Waals surface area contributed by atoms with Gasteiger partial charge in [-0.1, -0.05) is 6.07 Å². The van der Waals surface area contributed by atoms with Crippen molar-refractivity contribution in [3.8, 4) is 6.07 Å². The number of thiophene rings is 1. The van der Waals surface area contributed by atoms with Crippen molar-refractivity contribution in [2.75, 3.05) is 25.6 Å². The zero-order chi connectivity index (χ0) is 22.3. The minimum atomic E-state index is -0.777. The van der Waals surface area contributed by atoms with Gasteiger partial charge in [0.25, 0.3) is 11.8 Å². The highest BCUT2D eigenvalue weighted by molar-refractivity contribution is 7.18.